The summed E-state index contributed by atoms with van der Waals surface area (Å²) in [6.45, 7) is 5.65. The average molecular weight is 501 g/mol. The van der Waals surface area contributed by atoms with Crippen molar-refractivity contribution in [2.75, 3.05) is 25.0 Å². The topological polar surface area (TPSA) is 101 Å². The Labute approximate surface area is 208 Å². The van der Waals surface area contributed by atoms with E-state index in [9.17, 15) is 13.2 Å². The molecule has 2 aliphatic heterocycles. The van der Waals surface area contributed by atoms with Crippen LogP contribution >= 0.6 is 0 Å². The van der Waals surface area contributed by atoms with Gasteiger partial charge in [0.1, 0.15) is 11.8 Å². The van der Waals surface area contributed by atoms with Crippen LogP contribution in [0.15, 0.2) is 47.6 Å². The molecule has 35 heavy (non-hydrogen) atoms. The number of amides is 1. The minimum Gasteiger partial charge on any atom is -0.491 e. The van der Waals surface area contributed by atoms with Crippen molar-refractivity contribution in [2.24, 2.45) is 5.92 Å². The number of sulfonamides is 1. The Bertz CT molecular complexity index is 1070. The van der Waals surface area contributed by atoms with Gasteiger partial charge in [0.2, 0.25) is 15.9 Å². The number of carbonyl (C=O) groups excluding carboxylic acids is 1. The van der Waals surface area contributed by atoms with Gasteiger partial charge in [0, 0.05) is 44.1 Å². The Morgan fingerprint density at radius 2 is 1.91 bits per heavy atom. The zero-order valence-corrected chi connectivity index (χ0v) is 21.4. The molecule has 1 aromatic heterocycles. The van der Waals surface area contributed by atoms with Gasteiger partial charge in [-0.2, -0.15) is 4.31 Å². The monoisotopic (exact) mass is 500 g/mol. The summed E-state index contributed by atoms with van der Waals surface area (Å²) in [5.74, 6) is 1.23. The van der Waals surface area contributed by atoms with Crippen molar-refractivity contribution >= 4 is 21.6 Å². The molecule has 9 heteroatoms. The van der Waals surface area contributed by atoms with Gasteiger partial charge < -0.3 is 15.4 Å². The summed E-state index contributed by atoms with van der Waals surface area (Å²) >= 11 is 0. The molecule has 190 valence electrons. The minimum absolute atomic E-state index is 0.0310. The second-order valence-corrected chi connectivity index (χ2v) is 11.6. The van der Waals surface area contributed by atoms with Gasteiger partial charge in [-0.25, -0.2) is 8.42 Å². The molecule has 3 heterocycles. The number of aromatic nitrogens is 1. The van der Waals surface area contributed by atoms with Crippen LogP contribution in [0.25, 0.3) is 0 Å². The number of pyridine rings is 1. The van der Waals surface area contributed by atoms with Crippen LogP contribution in [0.3, 0.4) is 0 Å². The number of ether oxygens (including phenoxy) is 1. The van der Waals surface area contributed by atoms with Crippen molar-refractivity contribution in [2.45, 2.75) is 69.4 Å². The highest BCUT2D eigenvalue weighted by Crippen LogP contribution is 2.28. The standard InChI is InChI=1S/C26H36N4O4S/c1-19(2)34-22-6-8-23(9-7-22)35(32,33)30-15-11-20(12-16-30)5-3-4-13-28-26(31)25-17-21-18-27-14-10-24(21)29-25/h6-10,14,18-20,25,29H,3-5,11-13,15-17H2,1-2H3,(H,28,31). The van der Waals surface area contributed by atoms with E-state index in [1.54, 1.807) is 34.8 Å². The molecule has 2 N–H and O–H groups in total. The normalized spacial score (nSPS) is 18.8. The summed E-state index contributed by atoms with van der Waals surface area (Å²) in [6.07, 6.45) is 9.02. The number of piperidine rings is 1. The molecule has 1 atom stereocenters. The Hall–Kier alpha value is -2.65. The van der Waals surface area contributed by atoms with Crippen LogP contribution in [-0.4, -0.2) is 55.4 Å². The first-order valence-corrected chi connectivity index (χ1v) is 14.0. The van der Waals surface area contributed by atoms with Gasteiger partial charge in [-0.3, -0.25) is 9.78 Å². The van der Waals surface area contributed by atoms with Crippen LogP contribution in [0.5, 0.6) is 5.75 Å². The predicted molar refractivity (Wildman–Crippen MR) is 136 cm³/mol. The van der Waals surface area contributed by atoms with E-state index in [-0.39, 0.29) is 18.1 Å². The molecule has 1 unspecified atom stereocenters. The number of unbranched alkanes of at least 4 members (excludes halogenated alkanes) is 1. The first-order chi connectivity index (χ1) is 16.8. The number of anilines is 1. The fourth-order valence-electron chi connectivity index (χ4n) is 4.79. The van der Waals surface area contributed by atoms with Crippen molar-refractivity contribution in [3.05, 3.63) is 48.3 Å². The highest BCUT2D eigenvalue weighted by molar-refractivity contribution is 7.89. The maximum Gasteiger partial charge on any atom is 0.243 e. The number of rotatable bonds is 10. The second kappa shape index (κ2) is 11.4. The molecule has 1 fully saturated rings. The molecular weight excluding hydrogens is 464 g/mol. The van der Waals surface area contributed by atoms with E-state index in [2.05, 4.69) is 15.6 Å². The van der Waals surface area contributed by atoms with Crippen LogP contribution in [0.1, 0.15) is 51.5 Å². The molecule has 1 aromatic carbocycles. The Kier molecular flexibility index (Phi) is 8.28. The van der Waals surface area contributed by atoms with Gasteiger partial charge in [0.25, 0.3) is 0 Å². The SMILES string of the molecule is CC(C)Oc1ccc(S(=O)(=O)N2CCC(CCCCNC(=O)C3Cc4cnccc4N3)CC2)cc1. The lowest BCUT2D eigenvalue weighted by atomic mass is 9.92. The lowest BCUT2D eigenvalue weighted by Gasteiger charge is -2.31. The van der Waals surface area contributed by atoms with E-state index >= 15 is 0 Å². The largest absolute Gasteiger partial charge is 0.491 e. The highest BCUT2D eigenvalue weighted by atomic mass is 32.2. The molecule has 0 spiro atoms. The number of nitrogens with one attached hydrogen (secondary N) is 2. The van der Waals surface area contributed by atoms with E-state index in [1.807, 2.05) is 26.1 Å². The zero-order valence-electron chi connectivity index (χ0n) is 20.6. The number of hydrogen-bond donors (Lipinski definition) is 2. The quantitative estimate of drug-likeness (QED) is 0.484. The first-order valence-electron chi connectivity index (χ1n) is 12.6. The lowest BCUT2D eigenvalue weighted by Crippen LogP contribution is -2.39. The van der Waals surface area contributed by atoms with E-state index in [1.165, 1.54) is 0 Å². The van der Waals surface area contributed by atoms with Crippen LogP contribution in [0.2, 0.25) is 0 Å². The summed E-state index contributed by atoms with van der Waals surface area (Å²) in [7, 11) is -3.48. The van der Waals surface area contributed by atoms with Gasteiger partial charge in [-0.1, -0.05) is 12.8 Å². The first kappa shape index (κ1) is 25.4. The fourth-order valence-corrected chi connectivity index (χ4v) is 6.26. The smallest absolute Gasteiger partial charge is 0.243 e. The van der Waals surface area contributed by atoms with Crippen molar-refractivity contribution in [3.8, 4) is 5.75 Å². The van der Waals surface area contributed by atoms with Crippen molar-refractivity contribution in [1.29, 1.82) is 0 Å². The van der Waals surface area contributed by atoms with Crippen LogP contribution in [0, 0.1) is 5.92 Å². The predicted octanol–water partition coefficient (Wildman–Crippen LogP) is 3.59. The molecule has 0 saturated carbocycles. The Balaban J connectivity index is 1.13. The number of benzene rings is 1. The van der Waals surface area contributed by atoms with Crippen LogP contribution in [0.4, 0.5) is 5.69 Å². The summed E-state index contributed by atoms with van der Waals surface area (Å²) in [6, 6.07) is 8.37. The molecule has 8 nitrogen and oxygen atoms in total. The fraction of sp³-hybridized carbons (Fsp3) is 0.538. The summed E-state index contributed by atoms with van der Waals surface area (Å²) in [4.78, 5) is 16.9. The van der Waals surface area contributed by atoms with Gasteiger partial charge in [-0.15, -0.1) is 0 Å². The Morgan fingerprint density at radius 3 is 2.60 bits per heavy atom. The molecule has 4 rings (SSSR count). The Morgan fingerprint density at radius 1 is 1.17 bits per heavy atom. The van der Waals surface area contributed by atoms with Crippen molar-refractivity contribution in [3.63, 3.8) is 0 Å². The highest BCUT2D eigenvalue weighted by Gasteiger charge is 2.29. The van der Waals surface area contributed by atoms with E-state index in [0.717, 1.165) is 43.4 Å². The van der Waals surface area contributed by atoms with Gasteiger partial charge in [-0.05, 0) is 74.9 Å². The van der Waals surface area contributed by atoms with Crippen molar-refractivity contribution < 1.29 is 17.9 Å². The molecule has 0 aliphatic carbocycles. The van der Waals surface area contributed by atoms with Crippen molar-refractivity contribution in [1.82, 2.24) is 14.6 Å². The number of carbonyl (C=O) groups is 1. The maximum atomic E-state index is 13.0. The van der Waals surface area contributed by atoms with Crippen LogP contribution < -0.4 is 15.4 Å². The molecule has 0 radical (unpaired) electrons. The third-order valence-corrected chi connectivity index (χ3v) is 8.63. The molecule has 1 amide bonds. The van der Waals surface area contributed by atoms with E-state index in [0.29, 0.717) is 42.6 Å². The maximum absolute atomic E-state index is 13.0. The van der Waals surface area contributed by atoms with Crippen LogP contribution in [-0.2, 0) is 21.2 Å². The number of nitrogens with zero attached hydrogens (tertiary/aromatic N) is 2. The average Bonchev–Trinajstić information content (AvgIpc) is 3.29. The molecular formula is C26H36N4O4S. The molecule has 2 aromatic rings. The molecule has 0 bridgehead atoms. The third kappa shape index (κ3) is 6.52. The summed E-state index contributed by atoms with van der Waals surface area (Å²) < 4.78 is 33.2. The van der Waals surface area contributed by atoms with E-state index < -0.39 is 10.0 Å². The number of fused-ring (bicyclic) bond motifs is 1. The number of hydrogen-bond acceptors (Lipinski definition) is 6. The molecule has 1 saturated heterocycles. The molecule has 2 aliphatic rings. The van der Waals surface area contributed by atoms with Gasteiger partial charge >= 0.3 is 0 Å². The van der Waals surface area contributed by atoms with Gasteiger partial charge in [0.05, 0.1) is 11.0 Å². The summed E-state index contributed by atoms with van der Waals surface area (Å²) in [5, 5.41) is 6.29. The van der Waals surface area contributed by atoms with Gasteiger partial charge in [0.15, 0.2) is 0 Å². The zero-order chi connectivity index (χ0) is 24.8. The minimum atomic E-state index is -3.48. The lowest BCUT2D eigenvalue weighted by molar-refractivity contribution is -0.121. The summed E-state index contributed by atoms with van der Waals surface area (Å²) in [5.41, 5.74) is 2.07. The second-order valence-electron chi connectivity index (χ2n) is 9.71. The van der Waals surface area contributed by atoms with E-state index in [4.69, 9.17) is 4.74 Å². The third-order valence-electron chi connectivity index (χ3n) is 6.72.